The molecule has 1 aromatic heterocycles. The molecule has 0 amide bonds. The number of para-hydroxylation sites is 1. The van der Waals surface area contributed by atoms with Crippen LogP contribution < -0.4 is 15.4 Å². The smallest absolute Gasteiger partial charge is 0.191 e. The van der Waals surface area contributed by atoms with Crippen LogP contribution in [0.1, 0.15) is 45.0 Å². The Balaban J connectivity index is 0.00000300. The van der Waals surface area contributed by atoms with E-state index < -0.39 is 0 Å². The summed E-state index contributed by atoms with van der Waals surface area (Å²) in [4.78, 5) is 9.23. The topological polar surface area (TPSA) is 63.5 Å². The van der Waals surface area contributed by atoms with E-state index in [1.807, 2.05) is 30.6 Å². The first-order valence-corrected chi connectivity index (χ1v) is 10.4. The van der Waals surface area contributed by atoms with Crippen LogP contribution in [0.3, 0.4) is 0 Å². The van der Waals surface area contributed by atoms with E-state index in [1.165, 1.54) is 12.8 Å². The van der Waals surface area contributed by atoms with E-state index in [0.717, 1.165) is 48.7 Å². The molecule has 160 valence electrons. The molecule has 1 aromatic carbocycles. The van der Waals surface area contributed by atoms with Crippen molar-refractivity contribution >= 4 is 29.9 Å². The molecule has 1 heterocycles. The number of benzene rings is 1. The molecule has 0 saturated heterocycles. The molecular formula is C22H34IN5O. The summed E-state index contributed by atoms with van der Waals surface area (Å²) in [6.07, 6.45) is 6.48. The molecule has 0 unspecified atom stereocenters. The van der Waals surface area contributed by atoms with Gasteiger partial charge < -0.3 is 19.9 Å². The molecule has 0 aliphatic heterocycles. The van der Waals surface area contributed by atoms with Crippen molar-refractivity contribution in [3.05, 3.63) is 48.0 Å². The van der Waals surface area contributed by atoms with Crippen LogP contribution >= 0.6 is 24.0 Å². The lowest BCUT2D eigenvalue weighted by Crippen LogP contribution is -2.37. The highest BCUT2D eigenvalue weighted by Gasteiger charge is 2.22. The Bertz CT molecular complexity index is 770. The van der Waals surface area contributed by atoms with E-state index in [-0.39, 0.29) is 24.0 Å². The molecule has 0 bridgehead atoms. The molecule has 0 radical (unpaired) electrons. The number of aliphatic imine (C=N–C) groups is 1. The van der Waals surface area contributed by atoms with Crippen molar-refractivity contribution in [2.45, 2.75) is 53.2 Å². The number of hydrogen-bond donors (Lipinski definition) is 2. The molecule has 1 fully saturated rings. The maximum absolute atomic E-state index is 6.00. The average Bonchev–Trinajstić information content (AvgIpc) is 3.41. The minimum Gasteiger partial charge on any atom is -0.493 e. The standard InChI is InChI=1S/C22H33N5O.HI/c1-4-23-22(26-14-21-24-11-12-27(21)15-17(2)3)25-13-19-7-5-6-8-20(19)28-16-18-9-10-18;/h5-8,11-12,17-18H,4,9-10,13-16H2,1-3H3,(H2,23,25,26);1H. The molecule has 2 N–H and O–H groups in total. The van der Waals surface area contributed by atoms with Gasteiger partial charge in [-0.3, -0.25) is 0 Å². The van der Waals surface area contributed by atoms with Crippen molar-refractivity contribution in [3.63, 3.8) is 0 Å². The van der Waals surface area contributed by atoms with Crippen LogP contribution in [0, 0.1) is 11.8 Å². The van der Waals surface area contributed by atoms with Gasteiger partial charge in [-0.1, -0.05) is 32.0 Å². The van der Waals surface area contributed by atoms with Gasteiger partial charge in [0.15, 0.2) is 5.96 Å². The lowest BCUT2D eigenvalue weighted by molar-refractivity contribution is 0.297. The quantitative estimate of drug-likeness (QED) is 0.285. The van der Waals surface area contributed by atoms with Gasteiger partial charge in [-0.25, -0.2) is 9.98 Å². The summed E-state index contributed by atoms with van der Waals surface area (Å²) in [6, 6.07) is 8.19. The number of hydrogen-bond acceptors (Lipinski definition) is 3. The monoisotopic (exact) mass is 511 g/mol. The number of halogens is 1. The molecule has 1 saturated carbocycles. The van der Waals surface area contributed by atoms with E-state index in [2.05, 4.69) is 47.0 Å². The summed E-state index contributed by atoms with van der Waals surface area (Å²) in [5.74, 6) is 4.08. The predicted octanol–water partition coefficient (Wildman–Crippen LogP) is 4.20. The minimum atomic E-state index is 0. The van der Waals surface area contributed by atoms with Crippen LogP contribution in [-0.4, -0.2) is 28.7 Å². The number of rotatable bonds is 10. The third-order valence-electron chi connectivity index (χ3n) is 4.67. The van der Waals surface area contributed by atoms with Gasteiger partial charge in [0, 0.05) is 31.0 Å². The molecule has 7 heteroatoms. The van der Waals surface area contributed by atoms with Crippen LogP contribution in [0.25, 0.3) is 0 Å². The molecule has 1 aliphatic rings. The van der Waals surface area contributed by atoms with Crippen molar-refractivity contribution in [1.29, 1.82) is 0 Å². The first-order valence-electron chi connectivity index (χ1n) is 10.4. The highest BCUT2D eigenvalue weighted by atomic mass is 127. The summed E-state index contributed by atoms with van der Waals surface area (Å²) in [5, 5.41) is 6.72. The fourth-order valence-corrected chi connectivity index (χ4v) is 3.00. The van der Waals surface area contributed by atoms with Gasteiger partial charge in [0.2, 0.25) is 0 Å². The van der Waals surface area contributed by atoms with Gasteiger partial charge in [-0.2, -0.15) is 0 Å². The van der Waals surface area contributed by atoms with Crippen LogP contribution in [-0.2, 0) is 19.6 Å². The Hall–Kier alpha value is -1.77. The van der Waals surface area contributed by atoms with Crippen molar-refractivity contribution in [3.8, 4) is 5.75 Å². The number of imidazole rings is 1. The van der Waals surface area contributed by atoms with Gasteiger partial charge in [0.1, 0.15) is 11.6 Å². The van der Waals surface area contributed by atoms with Crippen LogP contribution in [0.2, 0.25) is 0 Å². The maximum Gasteiger partial charge on any atom is 0.191 e. The summed E-state index contributed by atoms with van der Waals surface area (Å²) < 4.78 is 8.20. The van der Waals surface area contributed by atoms with E-state index >= 15 is 0 Å². The first-order chi connectivity index (χ1) is 13.7. The second-order valence-corrected chi connectivity index (χ2v) is 7.80. The van der Waals surface area contributed by atoms with Crippen molar-refractivity contribution < 1.29 is 4.74 Å². The number of aromatic nitrogens is 2. The zero-order chi connectivity index (χ0) is 19.8. The molecule has 3 rings (SSSR count). The minimum absolute atomic E-state index is 0. The Morgan fingerprint density at radius 3 is 2.79 bits per heavy atom. The highest BCUT2D eigenvalue weighted by Crippen LogP contribution is 2.30. The van der Waals surface area contributed by atoms with E-state index in [9.17, 15) is 0 Å². The van der Waals surface area contributed by atoms with E-state index in [4.69, 9.17) is 9.73 Å². The van der Waals surface area contributed by atoms with Gasteiger partial charge in [-0.05, 0) is 37.7 Å². The lowest BCUT2D eigenvalue weighted by atomic mass is 10.2. The number of nitrogens with one attached hydrogen (secondary N) is 2. The normalized spacial score (nSPS) is 13.9. The van der Waals surface area contributed by atoms with E-state index in [0.29, 0.717) is 19.0 Å². The number of nitrogens with zero attached hydrogens (tertiary/aromatic N) is 3. The third kappa shape index (κ3) is 7.87. The fraction of sp³-hybridized carbons (Fsp3) is 0.545. The van der Waals surface area contributed by atoms with Crippen molar-refractivity contribution in [1.82, 2.24) is 20.2 Å². The zero-order valence-corrected chi connectivity index (χ0v) is 20.1. The first kappa shape index (κ1) is 23.5. The molecule has 2 aromatic rings. The Morgan fingerprint density at radius 1 is 1.28 bits per heavy atom. The summed E-state index contributed by atoms with van der Waals surface area (Å²) in [5.41, 5.74) is 1.11. The molecule has 6 nitrogen and oxygen atoms in total. The fourth-order valence-electron chi connectivity index (χ4n) is 3.00. The number of ether oxygens (including phenoxy) is 1. The molecule has 1 aliphatic carbocycles. The molecule has 0 atom stereocenters. The molecule has 0 spiro atoms. The average molecular weight is 511 g/mol. The Morgan fingerprint density at radius 2 is 2.07 bits per heavy atom. The number of guanidine groups is 1. The highest BCUT2D eigenvalue weighted by molar-refractivity contribution is 14.0. The third-order valence-corrected chi connectivity index (χ3v) is 4.67. The second-order valence-electron chi connectivity index (χ2n) is 7.80. The van der Waals surface area contributed by atoms with Crippen LogP contribution in [0.5, 0.6) is 5.75 Å². The van der Waals surface area contributed by atoms with Crippen molar-refractivity contribution in [2.75, 3.05) is 13.2 Å². The van der Waals surface area contributed by atoms with Gasteiger partial charge >= 0.3 is 0 Å². The van der Waals surface area contributed by atoms with Crippen molar-refractivity contribution in [2.24, 2.45) is 16.8 Å². The lowest BCUT2D eigenvalue weighted by Gasteiger charge is -2.14. The maximum atomic E-state index is 6.00. The van der Waals surface area contributed by atoms with Gasteiger partial charge in [-0.15, -0.1) is 24.0 Å². The predicted molar refractivity (Wildman–Crippen MR) is 129 cm³/mol. The largest absolute Gasteiger partial charge is 0.493 e. The van der Waals surface area contributed by atoms with Crippen LogP contribution in [0.15, 0.2) is 41.7 Å². The molecular weight excluding hydrogens is 477 g/mol. The Kier molecular flexibility index (Phi) is 9.76. The van der Waals surface area contributed by atoms with E-state index in [1.54, 1.807) is 0 Å². The van der Waals surface area contributed by atoms with Gasteiger partial charge in [0.05, 0.1) is 19.7 Å². The van der Waals surface area contributed by atoms with Gasteiger partial charge in [0.25, 0.3) is 0 Å². The summed E-state index contributed by atoms with van der Waals surface area (Å²) in [7, 11) is 0. The Labute approximate surface area is 191 Å². The SMILES string of the molecule is CCNC(=NCc1ccccc1OCC1CC1)NCc1nccn1CC(C)C.I. The zero-order valence-electron chi connectivity index (χ0n) is 17.7. The second kappa shape index (κ2) is 12.0. The summed E-state index contributed by atoms with van der Waals surface area (Å²) in [6.45, 7) is 10.3. The summed E-state index contributed by atoms with van der Waals surface area (Å²) >= 11 is 0. The molecule has 29 heavy (non-hydrogen) atoms. The van der Waals surface area contributed by atoms with Crippen LogP contribution in [0.4, 0.5) is 0 Å².